The van der Waals surface area contributed by atoms with Crippen LogP contribution >= 0.6 is 0 Å². The molecule has 3 heterocycles. The van der Waals surface area contributed by atoms with E-state index in [0.29, 0.717) is 0 Å². The lowest BCUT2D eigenvalue weighted by Crippen LogP contribution is -1.94. The van der Waals surface area contributed by atoms with Crippen molar-refractivity contribution in [2.75, 3.05) is 0 Å². The van der Waals surface area contributed by atoms with Gasteiger partial charge in [-0.25, -0.2) is 0 Å². The van der Waals surface area contributed by atoms with Crippen LogP contribution in [0.15, 0.2) is 148 Å². The summed E-state index contributed by atoms with van der Waals surface area (Å²) in [6.07, 6.45) is 2.04. The Morgan fingerprint density at radius 3 is 1.48 bits per heavy atom. The molecule has 7 aromatic carbocycles. The molecule has 0 aliphatic carbocycles. The summed E-state index contributed by atoms with van der Waals surface area (Å²) in [5.41, 5.74) is 8.94. The molecule has 0 radical (unpaired) electrons. The Morgan fingerprint density at radius 2 is 0.841 bits per heavy atom. The van der Waals surface area contributed by atoms with Gasteiger partial charge in [0.25, 0.3) is 0 Å². The molecule has 0 spiro atoms. The highest BCUT2D eigenvalue weighted by atomic mass is 16.3. The van der Waals surface area contributed by atoms with Gasteiger partial charge in [0, 0.05) is 66.2 Å². The smallest absolute Gasteiger partial charge is 0.143 e. The molecule has 0 saturated heterocycles. The lowest BCUT2D eigenvalue weighted by atomic mass is 9.84. The van der Waals surface area contributed by atoms with Crippen molar-refractivity contribution in [1.29, 1.82) is 0 Å². The van der Waals surface area contributed by atoms with Crippen LogP contribution in [0.1, 0.15) is 0 Å². The highest BCUT2D eigenvalue weighted by Crippen LogP contribution is 2.49. The van der Waals surface area contributed by atoms with Gasteiger partial charge in [0.2, 0.25) is 0 Å². The third-order valence-electron chi connectivity index (χ3n) is 9.11. The number of aromatic nitrogens is 1. The average molecular weight is 562 g/mol. The van der Waals surface area contributed by atoms with Crippen LogP contribution < -0.4 is 0 Å². The molecule has 0 aliphatic heterocycles. The second kappa shape index (κ2) is 8.79. The monoisotopic (exact) mass is 561 g/mol. The Kier molecular flexibility index (Phi) is 4.72. The Balaban J connectivity index is 1.44. The van der Waals surface area contributed by atoms with Crippen LogP contribution in [0.3, 0.4) is 0 Å². The fourth-order valence-corrected chi connectivity index (χ4v) is 7.26. The van der Waals surface area contributed by atoms with Crippen LogP contribution in [-0.4, -0.2) is 4.98 Å². The Morgan fingerprint density at radius 1 is 0.364 bits per heavy atom. The molecule has 0 N–H and O–H groups in total. The van der Waals surface area contributed by atoms with Crippen molar-refractivity contribution in [3.8, 4) is 22.3 Å². The lowest BCUT2D eigenvalue weighted by molar-refractivity contribution is 0.669. The third-order valence-corrected chi connectivity index (χ3v) is 9.11. The van der Waals surface area contributed by atoms with E-state index in [1.165, 1.54) is 0 Å². The van der Waals surface area contributed by atoms with Crippen LogP contribution in [0.4, 0.5) is 0 Å². The Labute approximate surface area is 251 Å². The van der Waals surface area contributed by atoms with Crippen LogP contribution in [-0.2, 0) is 0 Å². The first kappa shape index (κ1) is 23.6. The summed E-state index contributed by atoms with van der Waals surface area (Å²) >= 11 is 0. The van der Waals surface area contributed by atoms with Crippen molar-refractivity contribution < 1.29 is 8.83 Å². The number of hydrogen-bond acceptors (Lipinski definition) is 3. The first-order valence-electron chi connectivity index (χ1n) is 14.9. The molecule has 10 rings (SSSR count). The van der Waals surface area contributed by atoms with Crippen molar-refractivity contribution in [3.63, 3.8) is 0 Å². The largest absolute Gasteiger partial charge is 0.455 e. The summed E-state index contributed by atoms with van der Waals surface area (Å²) in [6, 6.07) is 46.7. The molecule has 3 nitrogen and oxygen atoms in total. The summed E-state index contributed by atoms with van der Waals surface area (Å²) in [7, 11) is 0. The molecule has 3 aromatic heterocycles. The summed E-state index contributed by atoms with van der Waals surface area (Å²) in [6.45, 7) is 0. The molecule has 204 valence electrons. The minimum absolute atomic E-state index is 0.889. The van der Waals surface area contributed by atoms with Gasteiger partial charge in [0.1, 0.15) is 22.3 Å². The Bertz CT molecular complexity index is 2780. The van der Waals surface area contributed by atoms with Crippen LogP contribution in [0, 0.1) is 0 Å². The highest BCUT2D eigenvalue weighted by molar-refractivity contribution is 6.30. The number of benzene rings is 7. The number of pyridine rings is 1. The lowest BCUT2D eigenvalue weighted by Gasteiger charge is -2.19. The van der Waals surface area contributed by atoms with Crippen molar-refractivity contribution in [3.05, 3.63) is 140 Å². The fourth-order valence-electron chi connectivity index (χ4n) is 7.26. The van der Waals surface area contributed by atoms with Crippen molar-refractivity contribution in [2.24, 2.45) is 0 Å². The second-order valence-corrected chi connectivity index (χ2v) is 11.4. The first-order valence-corrected chi connectivity index (χ1v) is 14.9. The molecule has 0 aliphatic rings. The maximum Gasteiger partial charge on any atom is 0.143 e. The normalized spacial score (nSPS) is 12.1. The molecule has 3 heteroatoms. The third kappa shape index (κ3) is 3.13. The van der Waals surface area contributed by atoms with E-state index in [1.54, 1.807) is 0 Å². The molecule has 0 saturated carbocycles. The van der Waals surface area contributed by atoms with E-state index in [4.69, 9.17) is 13.8 Å². The van der Waals surface area contributed by atoms with E-state index in [1.807, 2.05) is 30.5 Å². The number of rotatable bonds is 2. The first-order chi connectivity index (χ1) is 21.8. The zero-order chi connectivity index (χ0) is 28.8. The van der Waals surface area contributed by atoms with Gasteiger partial charge in [0.05, 0.1) is 5.52 Å². The summed E-state index contributed by atoms with van der Waals surface area (Å²) in [5, 5.41) is 10.1. The van der Waals surface area contributed by atoms with E-state index in [9.17, 15) is 0 Å². The molecule has 0 amide bonds. The van der Waals surface area contributed by atoms with Gasteiger partial charge in [0.15, 0.2) is 0 Å². The zero-order valence-electron chi connectivity index (χ0n) is 23.5. The number of para-hydroxylation sites is 5. The SMILES string of the molecule is c1ccc2c(c1)ncc1c(-c3cccc4c3oc3ccccc34)c3ccccc3c(-c3cccc4c3oc3ccccc34)c12. The topological polar surface area (TPSA) is 39.2 Å². The van der Waals surface area contributed by atoms with E-state index >= 15 is 0 Å². The zero-order valence-corrected chi connectivity index (χ0v) is 23.5. The molecule has 0 bridgehead atoms. The number of hydrogen-bond donors (Lipinski definition) is 0. The summed E-state index contributed by atoms with van der Waals surface area (Å²) < 4.78 is 13.2. The van der Waals surface area contributed by atoms with E-state index in [0.717, 1.165) is 98.6 Å². The molecule has 44 heavy (non-hydrogen) atoms. The molecule has 0 unspecified atom stereocenters. The minimum atomic E-state index is 0.889. The maximum absolute atomic E-state index is 6.62. The summed E-state index contributed by atoms with van der Waals surface area (Å²) in [5.74, 6) is 0. The van der Waals surface area contributed by atoms with Gasteiger partial charge in [-0.1, -0.05) is 115 Å². The highest BCUT2D eigenvalue weighted by Gasteiger charge is 2.23. The van der Waals surface area contributed by atoms with Crippen LogP contribution in [0.2, 0.25) is 0 Å². The second-order valence-electron chi connectivity index (χ2n) is 11.4. The maximum atomic E-state index is 6.62. The van der Waals surface area contributed by atoms with Crippen molar-refractivity contribution in [1.82, 2.24) is 4.98 Å². The quantitative estimate of drug-likeness (QED) is 0.156. The molecule has 0 atom stereocenters. The van der Waals surface area contributed by atoms with Crippen molar-refractivity contribution >= 4 is 76.3 Å². The standard InChI is InChI=1S/C41H23NO2/c1-2-14-27-26(13-1)37(31-18-9-16-28-24-11-4-7-21-35(24)43-40(28)31)33-23-42-34-20-6-3-15-30(34)39(33)38(27)32-19-10-17-29-25-12-5-8-22-36(25)44-41(29)32/h1-23H. The molecule has 10 aromatic rings. The number of nitrogens with zero attached hydrogens (tertiary/aromatic N) is 1. The van der Waals surface area contributed by atoms with Gasteiger partial charge in [-0.2, -0.15) is 0 Å². The van der Waals surface area contributed by atoms with Gasteiger partial charge >= 0.3 is 0 Å². The van der Waals surface area contributed by atoms with Crippen LogP contribution in [0.25, 0.3) is 98.6 Å². The minimum Gasteiger partial charge on any atom is -0.455 e. The van der Waals surface area contributed by atoms with Crippen LogP contribution in [0.5, 0.6) is 0 Å². The van der Waals surface area contributed by atoms with Gasteiger partial charge < -0.3 is 8.83 Å². The van der Waals surface area contributed by atoms with E-state index < -0.39 is 0 Å². The predicted octanol–water partition coefficient (Wildman–Crippen LogP) is 11.7. The molecule has 0 fully saturated rings. The van der Waals surface area contributed by atoms with Gasteiger partial charge in [-0.05, 0) is 29.0 Å². The molecular formula is C41H23NO2. The Hall–Kier alpha value is -5.93. The summed E-state index contributed by atoms with van der Waals surface area (Å²) in [4.78, 5) is 5.00. The number of furan rings is 2. The number of fused-ring (bicyclic) bond motifs is 10. The molecular weight excluding hydrogens is 538 g/mol. The van der Waals surface area contributed by atoms with E-state index in [2.05, 4.69) is 109 Å². The fraction of sp³-hybridized carbons (Fsp3) is 0. The van der Waals surface area contributed by atoms with Crippen molar-refractivity contribution in [2.45, 2.75) is 0 Å². The average Bonchev–Trinajstić information content (AvgIpc) is 3.66. The predicted molar refractivity (Wildman–Crippen MR) is 182 cm³/mol. The van der Waals surface area contributed by atoms with Gasteiger partial charge in [-0.3, -0.25) is 4.98 Å². The van der Waals surface area contributed by atoms with E-state index in [-0.39, 0.29) is 0 Å². The van der Waals surface area contributed by atoms with Gasteiger partial charge in [-0.15, -0.1) is 0 Å².